The molecule has 0 aliphatic carbocycles. The van der Waals surface area contributed by atoms with Crippen molar-refractivity contribution in [1.29, 1.82) is 5.26 Å². The maximum atomic E-state index is 9.18. The van der Waals surface area contributed by atoms with E-state index in [1.54, 1.807) is 0 Å². The smallest absolute Gasteiger partial charge is 0.147 e. The van der Waals surface area contributed by atoms with Crippen molar-refractivity contribution < 1.29 is 0 Å². The molecule has 0 saturated carbocycles. The molecule has 1 aliphatic rings. The Bertz CT molecular complexity index is 447. The molecule has 3 heteroatoms. The van der Waals surface area contributed by atoms with Crippen molar-refractivity contribution in [3.05, 3.63) is 23.4 Å². The van der Waals surface area contributed by atoms with Crippen molar-refractivity contribution in [2.75, 3.05) is 11.4 Å². The zero-order valence-electron chi connectivity index (χ0n) is 10.8. The minimum Gasteiger partial charge on any atom is -0.353 e. The largest absolute Gasteiger partial charge is 0.353 e. The first-order valence-corrected chi connectivity index (χ1v) is 6.26. The average Bonchev–Trinajstić information content (AvgIpc) is 2.32. The first-order chi connectivity index (χ1) is 8.11. The van der Waals surface area contributed by atoms with Crippen molar-refractivity contribution in [3.63, 3.8) is 0 Å². The number of pyridine rings is 1. The van der Waals surface area contributed by atoms with Crippen LogP contribution in [0.1, 0.15) is 37.9 Å². The molecule has 0 radical (unpaired) electrons. The maximum Gasteiger partial charge on any atom is 0.147 e. The summed E-state index contributed by atoms with van der Waals surface area (Å²) in [4.78, 5) is 6.85. The van der Waals surface area contributed by atoms with Gasteiger partial charge in [0.2, 0.25) is 0 Å². The van der Waals surface area contributed by atoms with Gasteiger partial charge in [0.05, 0.1) is 5.56 Å². The predicted octanol–water partition coefficient (Wildman–Crippen LogP) is 2.89. The molecule has 2 rings (SSSR count). The van der Waals surface area contributed by atoms with Crippen LogP contribution in [-0.2, 0) is 0 Å². The Hall–Kier alpha value is -1.56. The highest BCUT2D eigenvalue weighted by atomic mass is 15.2. The molecule has 3 nitrogen and oxygen atoms in total. The third-order valence-electron chi connectivity index (χ3n) is 3.52. The molecular weight excluding hydrogens is 210 g/mol. The Labute approximate surface area is 103 Å². The number of piperidine rings is 1. The van der Waals surface area contributed by atoms with Gasteiger partial charge in [-0.2, -0.15) is 5.26 Å². The molecule has 2 unspecified atom stereocenters. The summed E-state index contributed by atoms with van der Waals surface area (Å²) in [6.07, 6.45) is 2.45. The van der Waals surface area contributed by atoms with E-state index in [4.69, 9.17) is 0 Å². The number of aryl methyl sites for hydroxylation is 1. The Kier molecular flexibility index (Phi) is 3.33. The second-order valence-electron chi connectivity index (χ2n) is 5.12. The molecule has 0 bridgehead atoms. The van der Waals surface area contributed by atoms with E-state index in [9.17, 15) is 5.26 Å². The quantitative estimate of drug-likeness (QED) is 0.743. The first kappa shape index (κ1) is 11.9. The lowest BCUT2D eigenvalue weighted by Gasteiger charge is -2.38. The Morgan fingerprint density at radius 1 is 1.35 bits per heavy atom. The highest BCUT2D eigenvalue weighted by Gasteiger charge is 2.25. The normalized spacial score (nSPS) is 24.5. The number of nitrogens with zero attached hydrogens (tertiary/aromatic N) is 3. The fraction of sp³-hybridized carbons (Fsp3) is 0.571. The molecule has 2 atom stereocenters. The molecule has 1 aliphatic heterocycles. The Balaban J connectivity index is 2.38. The number of nitriles is 1. The van der Waals surface area contributed by atoms with E-state index >= 15 is 0 Å². The summed E-state index contributed by atoms with van der Waals surface area (Å²) in [5, 5.41) is 9.18. The van der Waals surface area contributed by atoms with E-state index in [0.717, 1.165) is 18.1 Å². The van der Waals surface area contributed by atoms with Crippen LogP contribution in [0.2, 0.25) is 0 Å². The molecule has 1 fully saturated rings. The summed E-state index contributed by atoms with van der Waals surface area (Å²) in [5.41, 5.74) is 1.67. The number of hydrogen-bond acceptors (Lipinski definition) is 3. The van der Waals surface area contributed by atoms with Gasteiger partial charge in [-0.05, 0) is 44.7 Å². The van der Waals surface area contributed by atoms with Gasteiger partial charge in [0.1, 0.15) is 11.9 Å². The zero-order valence-corrected chi connectivity index (χ0v) is 10.8. The van der Waals surface area contributed by atoms with Crippen LogP contribution in [0.25, 0.3) is 0 Å². The molecule has 17 heavy (non-hydrogen) atoms. The van der Waals surface area contributed by atoms with Crippen LogP contribution in [0.15, 0.2) is 12.1 Å². The number of anilines is 1. The molecule has 0 spiro atoms. The molecule has 1 aromatic heterocycles. The molecule has 1 saturated heterocycles. The minimum absolute atomic E-state index is 0.479. The van der Waals surface area contributed by atoms with Crippen LogP contribution < -0.4 is 4.90 Å². The lowest BCUT2D eigenvalue weighted by molar-refractivity contribution is 0.388. The van der Waals surface area contributed by atoms with Gasteiger partial charge in [-0.1, -0.05) is 6.92 Å². The average molecular weight is 229 g/mol. The molecule has 1 aromatic rings. The molecule has 0 N–H and O–H groups in total. The summed E-state index contributed by atoms with van der Waals surface area (Å²) in [5.74, 6) is 1.55. The van der Waals surface area contributed by atoms with Gasteiger partial charge in [0, 0.05) is 18.3 Å². The van der Waals surface area contributed by atoms with E-state index in [2.05, 4.69) is 29.8 Å². The van der Waals surface area contributed by atoms with Crippen molar-refractivity contribution in [2.45, 2.75) is 39.7 Å². The van der Waals surface area contributed by atoms with E-state index in [1.165, 1.54) is 12.8 Å². The second-order valence-corrected chi connectivity index (χ2v) is 5.12. The monoisotopic (exact) mass is 229 g/mol. The second kappa shape index (κ2) is 4.75. The highest BCUT2D eigenvalue weighted by Crippen LogP contribution is 2.28. The van der Waals surface area contributed by atoms with Gasteiger partial charge >= 0.3 is 0 Å². The van der Waals surface area contributed by atoms with Gasteiger partial charge in [-0.15, -0.1) is 0 Å². The van der Waals surface area contributed by atoms with E-state index in [1.807, 2.05) is 19.1 Å². The van der Waals surface area contributed by atoms with Crippen molar-refractivity contribution in [3.8, 4) is 6.07 Å². The lowest BCUT2D eigenvalue weighted by Crippen LogP contribution is -2.42. The summed E-state index contributed by atoms with van der Waals surface area (Å²) >= 11 is 0. The lowest BCUT2D eigenvalue weighted by atomic mass is 9.94. The van der Waals surface area contributed by atoms with Crippen LogP contribution in [0.5, 0.6) is 0 Å². The van der Waals surface area contributed by atoms with E-state index in [-0.39, 0.29) is 0 Å². The van der Waals surface area contributed by atoms with Gasteiger partial charge < -0.3 is 4.90 Å². The predicted molar refractivity (Wildman–Crippen MR) is 68.9 cm³/mol. The van der Waals surface area contributed by atoms with Crippen molar-refractivity contribution >= 4 is 5.82 Å². The fourth-order valence-electron chi connectivity index (χ4n) is 2.43. The van der Waals surface area contributed by atoms with Crippen molar-refractivity contribution in [2.24, 2.45) is 5.92 Å². The van der Waals surface area contributed by atoms with Crippen LogP contribution in [0.4, 0.5) is 5.82 Å². The van der Waals surface area contributed by atoms with Gasteiger partial charge in [0.25, 0.3) is 0 Å². The standard InChI is InChI=1S/C14H19N3/c1-10-4-6-12(3)17(9-10)14-13(8-15)7-5-11(2)16-14/h5,7,10,12H,4,6,9H2,1-3H3. The Morgan fingerprint density at radius 2 is 2.12 bits per heavy atom. The topological polar surface area (TPSA) is 39.9 Å². The van der Waals surface area contributed by atoms with Crippen LogP contribution in [-0.4, -0.2) is 17.6 Å². The van der Waals surface area contributed by atoms with Gasteiger partial charge in [-0.25, -0.2) is 4.98 Å². The Morgan fingerprint density at radius 3 is 2.82 bits per heavy atom. The minimum atomic E-state index is 0.479. The summed E-state index contributed by atoms with van der Waals surface area (Å²) in [7, 11) is 0. The van der Waals surface area contributed by atoms with Crippen LogP contribution in [0.3, 0.4) is 0 Å². The number of rotatable bonds is 1. The molecule has 90 valence electrons. The molecule has 0 aromatic carbocycles. The van der Waals surface area contributed by atoms with Crippen LogP contribution >= 0.6 is 0 Å². The van der Waals surface area contributed by atoms with Crippen LogP contribution in [0, 0.1) is 24.2 Å². The number of hydrogen-bond donors (Lipinski definition) is 0. The highest BCUT2D eigenvalue weighted by molar-refractivity contribution is 5.55. The van der Waals surface area contributed by atoms with Crippen molar-refractivity contribution in [1.82, 2.24) is 4.98 Å². The first-order valence-electron chi connectivity index (χ1n) is 6.26. The molecular formula is C14H19N3. The van der Waals surface area contributed by atoms with E-state index < -0.39 is 0 Å². The third-order valence-corrected chi connectivity index (χ3v) is 3.52. The summed E-state index contributed by atoms with van der Waals surface area (Å²) in [6.45, 7) is 7.47. The fourth-order valence-corrected chi connectivity index (χ4v) is 2.43. The summed E-state index contributed by atoms with van der Waals surface area (Å²) in [6, 6.07) is 6.51. The SMILES string of the molecule is Cc1ccc(C#N)c(N2CC(C)CCC2C)n1. The summed E-state index contributed by atoms with van der Waals surface area (Å²) < 4.78 is 0. The molecule has 0 amide bonds. The zero-order chi connectivity index (χ0) is 12.4. The van der Waals surface area contributed by atoms with Gasteiger partial charge in [-0.3, -0.25) is 0 Å². The number of aromatic nitrogens is 1. The third kappa shape index (κ3) is 2.41. The van der Waals surface area contributed by atoms with E-state index in [0.29, 0.717) is 17.5 Å². The molecule has 2 heterocycles. The van der Waals surface area contributed by atoms with Gasteiger partial charge in [0.15, 0.2) is 0 Å². The maximum absolute atomic E-state index is 9.18.